The van der Waals surface area contributed by atoms with Crippen LogP contribution in [0.1, 0.15) is 45.1 Å². The lowest BCUT2D eigenvalue weighted by atomic mass is 9.87. The van der Waals surface area contributed by atoms with Crippen molar-refractivity contribution in [2.24, 2.45) is 5.92 Å². The standard InChI is InChI=1S/C20H30N2O3/c1-14-6-8-17(9-7-14)22-20(23)15(2)21-11-10-16-4-3-5-18-19(16)25-13-12-24-18/h3-5,14-15,17,21H,6-13H2,1-2H3,(H,22,23). The highest BCUT2D eigenvalue weighted by atomic mass is 16.6. The van der Waals surface area contributed by atoms with Crippen molar-refractivity contribution in [2.45, 2.75) is 58.0 Å². The van der Waals surface area contributed by atoms with Crippen LogP contribution in [0.25, 0.3) is 0 Å². The van der Waals surface area contributed by atoms with Crippen LogP contribution < -0.4 is 20.1 Å². The molecule has 1 heterocycles. The zero-order valence-corrected chi connectivity index (χ0v) is 15.3. The molecular weight excluding hydrogens is 316 g/mol. The van der Waals surface area contributed by atoms with Gasteiger partial charge in [-0.05, 0) is 56.6 Å². The molecule has 138 valence electrons. The van der Waals surface area contributed by atoms with Crippen molar-refractivity contribution >= 4 is 5.91 Å². The minimum Gasteiger partial charge on any atom is -0.486 e. The Bertz CT molecular complexity index is 582. The highest BCUT2D eigenvalue weighted by Crippen LogP contribution is 2.33. The maximum absolute atomic E-state index is 12.3. The molecule has 3 rings (SSSR count). The number of hydrogen-bond acceptors (Lipinski definition) is 4. The Morgan fingerprint density at radius 1 is 1.20 bits per heavy atom. The summed E-state index contributed by atoms with van der Waals surface area (Å²) < 4.78 is 11.3. The van der Waals surface area contributed by atoms with Gasteiger partial charge in [-0.3, -0.25) is 4.79 Å². The molecule has 25 heavy (non-hydrogen) atoms. The molecule has 0 aromatic heterocycles. The van der Waals surface area contributed by atoms with E-state index in [-0.39, 0.29) is 11.9 Å². The summed E-state index contributed by atoms with van der Waals surface area (Å²) in [5.41, 5.74) is 1.12. The van der Waals surface area contributed by atoms with E-state index in [9.17, 15) is 4.79 Å². The van der Waals surface area contributed by atoms with Gasteiger partial charge in [-0.1, -0.05) is 19.1 Å². The van der Waals surface area contributed by atoms with Crippen LogP contribution in [0.5, 0.6) is 11.5 Å². The van der Waals surface area contributed by atoms with Gasteiger partial charge in [0.2, 0.25) is 5.91 Å². The Kier molecular flexibility index (Phi) is 6.19. The Morgan fingerprint density at radius 2 is 1.96 bits per heavy atom. The molecule has 2 aliphatic rings. The van der Waals surface area contributed by atoms with E-state index in [1.807, 2.05) is 19.1 Å². The van der Waals surface area contributed by atoms with Gasteiger partial charge >= 0.3 is 0 Å². The number of fused-ring (bicyclic) bond motifs is 1. The van der Waals surface area contributed by atoms with E-state index < -0.39 is 0 Å². The van der Waals surface area contributed by atoms with E-state index in [1.54, 1.807) is 0 Å². The number of nitrogens with one attached hydrogen (secondary N) is 2. The maximum Gasteiger partial charge on any atom is 0.237 e. The molecule has 1 aliphatic heterocycles. The predicted octanol–water partition coefficient (Wildman–Crippen LogP) is 2.67. The van der Waals surface area contributed by atoms with Gasteiger partial charge in [-0.2, -0.15) is 0 Å². The van der Waals surface area contributed by atoms with Crippen LogP contribution in [-0.2, 0) is 11.2 Å². The smallest absolute Gasteiger partial charge is 0.237 e. The first kappa shape index (κ1) is 18.1. The minimum atomic E-state index is -0.184. The molecule has 0 bridgehead atoms. The minimum absolute atomic E-state index is 0.106. The number of amides is 1. The van der Waals surface area contributed by atoms with Crippen molar-refractivity contribution in [2.75, 3.05) is 19.8 Å². The summed E-state index contributed by atoms with van der Waals surface area (Å²) in [5.74, 6) is 2.57. The summed E-state index contributed by atoms with van der Waals surface area (Å²) in [4.78, 5) is 12.3. The Labute approximate surface area is 150 Å². The molecule has 1 unspecified atom stereocenters. The summed E-state index contributed by atoms with van der Waals surface area (Å²) in [6, 6.07) is 6.15. The maximum atomic E-state index is 12.3. The van der Waals surface area contributed by atoms with Gasteiger partial charge < -0.3 is 20.1 Å². The van der Waals surface area contributed by atoms with Crippen LogP contribution >= 0.6 is 0 Å². The molecule has 0 saturated heterocycles. The topological polar surface area (TPSA) is 59.6 Å². The van der Waals surface area contributed by atoms with Gasteiger partial charge in [-0.25, -0.2) is 0 Å². The van der Waals surface area contributed by atoms with E-state index in [1.165, 1.54) is 12.8 Å². The molecule has 1 fully saturated rings. The number of ether oxygens (including phenoxy) is 2. The molecule has 5 nitrogen and oxygen atoms in total. The first-order chi connectivity index (χ1) is 12.1. The zero-order chi connectivity index (χ0) is 17.6. The third-order valence-corrected chi connectivity index (χ3v) is 5.25. The number of hydrogen-bond donors (Lipinski definition) is 2. The summed E-state index contributed by atoms with van der Waals surface area (Å²) in [7, 11) is 0. The zero-order valence-electron chi connectivity index (χ0n) is 15.3. The fourth-order valence-corrected chi connectivity index (χ4v) is 3.58. The molecule has 0 spiro atoms. The van der Waals surface area contributed by atoms with Gasteiger partial charge in [0.05, 0.1) is 6.04 Å². The van der Waals surface area contributed by atoms with Crippen LogP contribution in [-0.4, -0.2) is 37.7 Å². The first-order valence-electron chi connectivity index (χ1n) is 9.54. The van der Waals surface area contributed by atoms with Crippen LogP contribution in [0, 0.1) is 5.92 Å². The molecular formula is C20H30N2O3. The Morgan fingerprint density at radius 3 is 2.76 bits per heavy atom. The van der Waals surface area contributed by atoms with E-state index in [0.717, 1.165) is 48.8 Å². The van der Waals surface area contributed by atoms with Crippen LogP contribution in [0.2, 0.25) is 0 Å². The summed E-state index contributed by atoms with van der Waals surface area (Å²) >= 11 is 0. The van der Waals surface area contributed by atoms with E-state index in [4.69, 9.17) is 9.47 Å². The van der Waals surface area contributed by atoms with Crippen LogP contribution in [0.15, 0.2) is 18.2 Å². The highest BCUT2D eigenvalue weighted by Gasteiger charge is 2.22. The summed E-state index contributed by atoms with van der Waals surface area (Å²) in [5, 5.41) is 6.52. The highest BCUT2D eigenvalue weighted by molar-refractivity contribution is 5.81. The molecule has 1 atom stereocenters. The third kappa shape index (κ3) is 4.88. The fraction of sp³-hybridized carbons (Fsp3) is 0.650. The van der Waals surface area contributed by atoms with Crippen molar-refractivity contribution in [3.63, 3.8) is 0 Å². The molecule has 1 saturated carbocycles. The lowest BCUT2D eigenvalue weighted by Gasteiger charge is -2.28. The predicted molar refractivity (Wildman–Crippen MR) is 98.2 cm³/mol. The Balaban J connectivity index is 1.43. The third-order valence-electron chi connectivity index (χ3n) is 5.25. The molecule has 1 aromatic carbocycles. The molecule has 2 N–H and O–H groups in total. The van der Waals surface area contributed by atoms with Crippen molar-refractivity contribution in [1.82, 2.24) is 10.6 Å². The number of para-hydroxylation sites is 1. The van der Waals surface area contributed by atoms with Gasteiger partial charge in [0.15, 0.2) is 11.5 Å². The number of benzene rings is 1. The van der Waals surface area contributed by atoms with E-state index in [2.05, 4.69) is 23.6 Å². The summed E-state index contributed by atoms with van der Waals surface area (Å²) in [6.07, 6.45) is 5.45. The molecule has 5 heteroatoms. The SMILES string of the molecule is CC1CCC(NC(=O)C(C)NCCc2cccc3c2OCCO3)CC1. The van der Waals surface area contributed by atoms with E-state index >= 15 is 0 Å². The normalized spacial score (nSPS) is 23.8. The lowest BCUT2D eigenvalue weighted by Crippen LogP contribution is -2.47. The van der Waals surface area contributed by atoms with E-state index in [0.29, 0.717) is 19.3 Å². The lowest BCUT2D eigenvalue weighted by molar-refractivity contribution is -0.123. The average Bonchev–Trinajstić information content (AvgIpc) is 2.63. The fourth-order valence-electron chi connectivity index (χ4n) is 3.58. The van der Waals surface area contributed by atoms with Crippen molar-refractivity contribution in [3.8, 4) is 11.5 Å². The molecule has 1 aromatic rings. The largest absolute Gasteiger partial charge is 0.486 e. The van der Waals surface area contributed by atoms with Crippen molar-refractivity contribution in [1.29, 1.82) is 0 Å². The van der Waals surface area contributed by atoms with Crippen molar-refractivity contribution < 1.29 is 14.3 Å². The first-order valence-corrected chi connectivity index (χ1v) is 9.54. The van der Waals surface area contributed by atoms with Crippen LogP contribution in [0.3, 0.4) is 0 Å². The second-order valence-electron chi connectivity index (χ2n) is 7.33. The van der Waals surface area contributed by atoms with Crippen LogP contribution in [0.4, 0.5) is 0 Å². The molecule has 1 amide bonds. The second-order valence-corrected chi connectivity index (χ2v) is 7.33. The molecule has 0 radical (unpaired) electrons. The van der Waals surface area contributed by atoms with Gasteiger partial charge in [-0.15, -0.1) is 0 Å². The second kappa shape index (κ2) is 8.56. The number of carbonyl (C=O) groups is 1. The monoisotopic (exact) mass is 346 g/mol. The Hall–Kier alpha value is -1.75. The number of carbonyl (C=O) groups excluding carboxylic acids is 1. The molecule has 1 aliphatic carbocycles. The van der Waals surface area contributed by atoms with Gasteiger partial charge in [0.25, 0.3) is 0 Å². The quantitative estimate of drug-likeness (QED) is 0.831. The average molecular weight is 346 g/mol. The van der Waals surface area contributed by atoms with Crippen molar-refractivity contribution in [3.05, 3.63) is 23.8 Å². The van der Waals surface area contributed by atoms with Gasteiger partial charge in [0.1, 0.15) is 13.2 Å². The summed E-state index contributed by atoms with van der Waals surface area (Å²) in [6.45, 7) is 6.15. The van der Waals surface area contributed by atoms with Gasteiger partial charge in [0, 0.05) is 12.6 Å². The number of rotatable bonds is 6.